The van der Waals surface area contributed by atoms with Crippen LogP contribution in [0.2, 0.25) is 0 Å². The number of esters is 1. The zero-order chi connectivity index (χ0) is 23.6. The van der Waals surface area contributed by atoms with Crippen molar-refractivity contribution in [3.63, 3.8) is 0 Å². The third-order valence-corrected chi connectivity index (χ3v) is 4.81. The number of pyridine rings is 1. The Balaban J connectivity index is 1.82. The average molecular weight is 455 g/mol. The van der Waals surface area contributed by atoms with Gasteiger partial charge in [0.1, 0.15) is 19.0 Å². The number of nitrogens with zero attached hydrogens (tertiary/aromatic N) is 4. The van der Waals surface area contributed by atoms with E-state index in [0.717, 1.165) is 6.42 Å². The highest BCUT2D eigenvalue weighted by Gasteiger charge is 2.31. The van der Waals surface area contributed by atoms with Crippen LogP contribution in [0.1, 0.15) is 31.2 Å². The second-order valence-electron chi connectivity index (χ2n) is 7.07. The van der Waals surface area contributed by atoms with Gasteiger partial charge in [0, 0.05) is 25.9 Å². The van der Waals surface area contributed by atoms with Crippen LogP contribution in [0.25, 0.3) is 11.2 Å². The number of aromatic amines is 1. The Bertz CT molecular complexity index is 1330. The average Bonchev–Trinajstić information content (AvgIpc) is 3.03. The number of nitrogens with one attached hydrogen (secondary N) is 1. The van der Waals surface area contributed by atoms with Gasteiger partial charge in [0.05, 0.1) is 5.56 Å². The lowest BCUT2D eigenvalue weighted by molar-refractivity contribution is -0.146. The predicted molar refractivity (Wildman–Crippen MR) is 106 cm³/mol. The van der Waals surface area contributed by atoms with Crippen molar-refractivity contribution in [2.75, 3.05) is 0 Å². The fraction of sp³-hybridized carbons (Fsp3) is 0.421. The number of unbranched alkanes of at least 4 members (excludes halogenated alkanes) is 1. The molecule has 32 heavy (non-hydrogen) atoms. The molecule has 0 aliphatic heterocycles. The smallest absolute Gasteiger partial charge is 0.417 e. The molecule has 3 aromatic heterocycles. The van der Waals surface area contributed by atoms with Crippen LogP contribution in [0.3, 0.4) is 0 Å². The molecule has 0 saturated carbocycles. The van der Waals surface area contributed by atoms with E-state index < -0.39 is 47.7 Å². The van der Waals surface area contributed by atoms with Gasteiger partial charge in [-0.05, 0) is 12.5 Å². The van der Waals surface area contributed by atoms with E-state index in [1.165, 1.54) is 16.2 Å². The second-order valence-corrected chi connectivity index (χ2v) is 7.07. The van der Waals surface area contributed by atoms with E-state index >= 15 is 0 Å². The van der Waals surface area contributed by atoms with Crippen LogP contribution >= 0.6 is 0 Å². The summed E-state index contributed by atoms with van der Waals surface area (Å²) in [6, 6.07) is 1.34. The number of halogens is 3. The minimum Gasteiger partial charge on any atom is -0.456 e. The molecule has 0 spiro atoms. The van der Waals surface area contributed by atoms with Gasteiger partial charge in [-0.3, -0.25) is 23.9 Å². The molecule has 10 nitrogen and oxygen atoms in total. The zero-order valence-corrected chi connectivity index (χ0v) is 17.2. The molecule has 0 unspecified atom stereocenters. The molecular formula is C19H20F3N5O5. The Morgan fingerprint density at radius 3 is 2.59 bits per heavy atom. The highest BCUT2D eigenvalue weighted by molar-refractivity contribution is 5.71. The number of rotatable bonds is 7. The van der Waals surface area contributed by atoms with Crippen LogP contribution in [0, 0.1) is 0 Å². The topological polar surface area (TPSA) is 121 Å². The Kier molecular flexibility index (Phi) is 6.37. The summed E-state index contributed by atoms with van der Waals surface area (Å²) in [5, 5.41) is 0. The summed E-state index contributed by atoms with van der Waals surface area (Å²) in [5.74, 6) is -0.832. The van der Waals surface area contributed by atoms with Gasteiger partial charge in [0.25, 0.3) is 11.1 Å². The number of ether oxygens (including phenoxy) is 1. The molecule has 0 fully saturated rings. The Morgan fingerprint density at radius 2 is 1.94 bits per heavy atom. The van der Waals surface area contributed by atoms with Gasteiger partial charge in [-0.1, -0.05) is 13.3 Å². The number of aryl methyl sites for hydroxylation is 2. The van der Waals surface area contributed by atoms with E-state index in [1.54, 1.807) is 0 Å². The van der Waals surface area contributed by atoms with E-state index in [0.29, 0.717) is 35.9 Å². The largest absolute Gasteiger partial charge is 0.456 e. The number of aromatic nitrogens is 5. The SMILES string of the molecule is CCCCn1c(=O)[nH]c(=O)c2c1nc(COC(=O)Cn1cc(C(F)(F)F)ccc1=O)n2C. The number of carbonyl (C=O) groups is 1. The van der Waals surface area contributed by atoms with E-state index in [-0.39, 0.29) is 17.0 Å². The van der Waals surface area contributed by atoms with Crippen molar-refractivity contribution in [3.05, 3.63) is 60.9 Å². The quantitative estimate of drug-likeness (QED) is 0.534. The molecule has 0 saturated heterocycles. The fourth-order valence-electron chi connectivity index (χ4n) is 3.10. The molecule has 0 aliphatic rings. The molecule has 0 atom stereocenters. The minimum absolute atomic E-state index is 0.112. The lowest BCUT2D eigenvalue weighted by atomic mass is 10.3. The van der Waals surface area contributed by atoms with E-state index in [9.17, 15) is 32.3 Å². The first kappa shape index (κ1) is 23.0. The molecule has 0 bridgehead atoms. The van der Waals surface area contributed by atoms with Gasteiger partial charge in [0.15, 0.2) is 11.2 Å². The molecular weight excluding hydrogens is 435 g/mol. The minimum atomic E-state index is -4.67. The van der Waals surface area contributed by atoms with Crippen molar-refractivity contribution in [3.8, 4) is 0 Å². The number of H-pyrrole nitrogens is 1. The zero-order valence-electron chi connectivity index (χ0n) is 17.2. The highest BCUT2D eigenvalue weighted by Crippen LogP contribution is 2.28. The van der Waals surface area contributed by atoms with Gasteiger partial charge >= 0.3 is 17.8 Å². The third kappa shape index (κ3) is 4.65. The second kappa shape index (κ2) is 8.85. The van der Waals surface area contributed by atoms with Crippen molar-refractivity contribution in [2.45, 2.75) is 45.6 Å². The number of hydrogen-bond acceptors (Lipinski definition) is 6. The number of imidazole rings is 1. The van der Waals surface area contributed by atoms with E-state index in [2.05, 4.69) is 9.97 Å². The van der Waals surface area contributed by atoms with Crippen molar-refractivity contribution in [1.29, 1.82) is 0 Å². The standard InChI is InChI=1S/C19H20F3N5O5/c1-3-4-7-27-16-15(17(30)24-18(27)31)25(2)12(23-16)10-32-14(29)9-26-8-11(19(20,21)22)5-6-13(26)28/h5-6,8H,3-4,7,9-10H2,1-2H3,(H,24,30,31). The molecule has 0 aromatic carbocycles. The molecule has 1 N–H and O–H groups in total. The summed E-state index contributed by atoms with van der Waals surface area (Å²) in [7, 11) is 1.50. The maximum atomic E-state index is 12.8. The normalized spacial score (nSPS) is 11.8. The van der Waals surface area contributed by atoms with Crippen molar-refractivity contribution in [1.82, 2.24) is 23.7 Å². The van der Waals surface area contributed by atoms with Gasteiger partial charge in [0.2, 0.25) is 0 Å². The van der Waals surface area contributed by atoms with Crippen LogP contribution in [-0.4, -0.2) is 29.6 Å². The summed E-state index contributed by atoms with van der Waals surface area (Å²) in [4.78, 5) is 54.7. The van der Waals surface area contributed by atoms with Crippen LogP contribution < -0.4 is 16.8 Å². The van der Waals surface area contributed by atoms with Crippen molar-refractivity contribution in [2.24, 2.45) is 7.05 Å². The maximum absolute atomic E-state index is 12.8. The number of hydrogen-bond donors (Lipinski definition) is 1. The van der Waals surface area contributed by atoms with E-state index in [4.69, 9.17) is 4.74 Å². The molecule has 0 radical (unpaired) electrons. The molecule has 172 valence electrons. The summed E-state index contributed by atoms with van der Waals surface area (Å²) in [5.41, 5.74) is -2.90. The van der Waals surface area contributed by atoms with Crippen LogP contribution in [0.15, 0.2) is 32.7 Å². The number of fused-ring (bicyclic) bond motifs is 1. The first-order valence-corrected chi connectivity index (χ1v) is 9.64. The van der Waals surface area contributed by atoms with Crippen molar-refractivity contribution < 1.29 is 22.7 Å². The summed E-state index contributed by atoms with van der Waals surface area (Å²) in [6.45, 7) is 1.11. The molecule has 13 heteroatoms. The van der Waals surface area contributed by atoms with Crippen LogP contribution in [-0.2, 0) is 42.5 Å². The fourth-order valence-corrected chi connectivity index (χ4v) is 3.10. The van der Waals surface area contributed by atoms with Gasteiger partial charge in [-0.2, -0.15) is 13.2 Å². The number of alkyl halides is 3. The summed E-state index contributed by atoms with van der Waals surface area (Å²) < 4.78 is 46.8. The van der Waals surface area contributed by atoms with Crippen LogP contribution in [0.5, 0.6) is 0 Å². The summed E-state index contributed by atoms with van der Waals surface area (Å²) in [6.07, 6.45) is -2.66. The van der Waals surface area contributed by atoms with Crippen LogP contribution in [0.4, 0.5) is 13.2 Å². The molecule has 3 rings (SSSR count). The molecule has 0 amide bonds. The van der Waals surface area contributed by atoms with Crippen molar-refractivity contribution >= 4 is 17.1 Å². The Labute approximate surface area is 177 Å². The molecule has 0 aliphatic carbocycles. The predicted octanol–water partition coefficient (Wildman–Crippen LogP) is 1.15. The lowest BCUT2D eigenvalue weighted by Gasteiger charge is -2.10. The Morgan fingerprint density at radius 1 is 1.22 bits per heavy atom. The van der Waals surface area contributed by atoms with Gasteiger partial charge in [-0.25, -0.2) is 9.78 Å². The molecule has 3 aromatic rings. The first-order valence-electron chi connectivity index (χ1n) is 9.64. The summed E-state index contributed by atoms with van der Waals surface area (Å²) >= 11 is 0. The monoisotopic (exact) mass is 455 g/mol. The highest BCUT2D eigenvalue weighted by atomic mass is 19.4. The molecule has 3 heterocycles. The Hall–Kier alpha value is -3.64. The van der Waals surface area contributed by atoms with Gasteiger partial charge < -0.3 is 13.9 Å². The van der Waals surface area contributed by atoms with E-state index in [1.807, 2.05) is 6.92 Å². The first-order chi connectivity index (χ1) is 15.0. The number of carbonyl (C=O) groups excluding carboxylic acids is 1. The lowest BCUT2D eigenvalue weighted by Crippen LogP contribution is -2.31. The third-order valence-electron chi connectivity index (χ3n) is 4.81. The maximum Gasteiger partial charge on any atom is 0.417 e. The van der Waals surface area contributed by atoms with Gasteiger partial charge in [-0.15, -0.1) is 0 Å².